The fourth-order valence-electron chi connectivity index (χ4n) is 1.27. The molecule has 0 bridgehead atoms. The Labute approximate surface area is 113 Å². The summed E-state index contributed by atoms with van der Waals surface area (Å²) in [7, 11) is -5.35. The molecule has 0 aromatic heterocycles. The monoisotopic (exact) mass is 311 g/mol. The minimum Gasteiger partial charge on any atom is -0.465 e. The molecule has 0 saturated carbocycles. The van der Waals surface area contributed by atoms with E-state index < -0.39 is 26.2 Å². The summed E-state index contributed by atoms with van der Waals surface area (Å²) in [5.41, 5.74) is -5.04. The third-order valence-corrected chi connectivity index (χ3v) is 3.71. The molecule has 9 heteroatoms. The molecule has 1 aromatic rings. The van der Waals surface area contributed by atoms with E-state index in [2.05, 4.69) is 10.1 Å². The van der Waals surface area contributed by atoms with Crippen LogP contribution >= 0.6 is 0 Å². The van der Waals surface area contributed by atoms with Gasteiger partial charge >= 0.3 is 11.5 Å². The maximum atomic E-state index is 12.3. The van der Waals surface area contributed by atoms with Crippen LogP contribution in [0.5, 0.6) is 0 Å². The quantitative estimate of drug-likeness (QED) is 0.842. The summed E-state index contributed by atoms with van der Waals surface area (Å²) in [5, 5.41) is 2.60. The maximum Gasteiger partial charge on any atom is 0.501 e. The number of alkyl halides is 3. The van der Waals surface area contributed by atoms with E-state index in [9.17, 15) is 26.4 Å². The summed E-state index contributed by atoms with van der Waals surface area (Å²) < 4.78 is 63.7. The van der Waals surface area contributed by atoms with E-state index in [0.29, 0.717) is 5.69 Å². The Morgan fingerprint density at radius 3 is 2.25 bits per heavy atom. The molecule has 0 aliphatic rings. The van der Waals surface area contributed by atoms with Crippen molar-refractivity contribution in [3.05, 3.63) is 24.3 Å². The van der Waals surface area contributed by atoms with E-state index in [-0.39, 0.29) is 13.2 Å². The fourth-order valence-corrected chi connectivity index (χ4v) is 2.03. The van der Waals surface area contributed by atoms with Gasteiger partial charge in [-0.05, 0) is 31.2 Å². The van der Waals surface area contributed by atoms with Gasteiger partial charge in [0, 0.05) is 5.69 Å². The minimum atomic E-state index is -5.35. The zero-order chi connectivity index (χ0) is 15.4. The summed E-state index contributed by atoms with van der Waals surface area (Å²) in [6.07, 6.45) is 0. The summed E-state index contributed by atoms with van der Waals surface area (Å²) in [6, 6.07) is 3.91. The lowest BCUT2D eigenvalue weighted by Gasteiger charge is -2.09. The second kappa shape index (κ2) is 6.12. The number of carbonyl (C=O) groups is 1. The van der Waals surface area contributed by atoms with Crippen molar-refractivity contribution in [3.8, 4) is 0 Å². The standard InChI is InChI=1S/C11H12F3NO4S/c1-2-19-10(16)7-15-8-3-5-9(6-4-8)20(17,18)11(12,13)14/h3-6,15H,2,7H2,1H3. The average Bonchev–Trinajstić information content (AvgIpc) is 2.36. The van der Waals surface area contributed by atoms with Crippen molar-refractivity contribution in [1.29, 1.82) is 0 Å². The molecule has 0 radical (unpaired) electrons. The molecule has 0 atom stereocenters. The van der Waals surface area contributed by atoms with Crippen LogP contribution in [0.25, 0.3) is 0 Å². The highest BCUT2D eigenvalue weighted by Crippen LogP contribution is 2.30. The van der Waals surface area contributed by atoms with Gasteiger partial charge in [0.25, 0.3) is 9.84 Å². The molecular formula is C11H12F3NO4S. The topological polar surface area (TPSA) is 72.5 Å². The third kappa shape index (κ3) is 3.86. The van der Waals surface area contributed by atoms with E-state index in [4.69, 9.17) is 0 Å². The Balaban J connectivity index is 2.78. The van der Waals surface area contributed by atoms with Crippen LogP contribution in [0.2, 0.25) is 0 Å². The van der Waals surface area contributed by atoms with Crippen molar-refractivity contribution < 1.29 is 31.1 Å². The second-order valence-corrected chi connectivity index (χ2v) is 5.57. The maximum absolute atomic E-state index is 12.3. The van der Waals surface area contributed by atoms with Crippen LogP contribution in [0, 0.1) is 0 Å². The van der Waals surface area contributed by atoms with Gasteiger partial charge in [-0.1, -0.05) is 0 Å². The number of anilines is 1. The molecule has 0 heterocycles. The highest BCUT2D eigenvalue weighted by molar-refractivity contribution is 7.92. The van der Waals surface area contributed by atoms with Gasteiger partial charge in [-0.2, -0.15) is 13.2 Å². The summed E-state index contributed by atoms with van der Waals surface area (Å²) in [5.74, 6) is -0.528. The van der Waals surface area contributed by atoms with Crippen molar-refractivity contribution in [3.63, 3.8) is 0 Å². The van der Waals surface area contributed by atoms with Crippen LogP contribution in [0.15, 0.2) is 29.2 Å². The molecule has 0 aliphatic carbocycles. The van der Waals surface area contributed by atoms with E-state index in [0.717, 1.165) is 24.3 Å². The van der Waals surface area contributed by atoms with Gasteiger partial charge in [0.05, 0.1) is 11.5 Å². The fraction of sp³-hybridized carbons (Fsp3) is 0.364. The zero-order valence-electron chi connectivity index (χ0n) is 10.4. The number of carbonyl (C=O) groups excluding carboxylic acids is 1. The molecule has 0 aliphatic heterocycles. The number of hydrogen-bond acceptors (Lipinski definition) is 5. The third-order valence-electron chi connectivity index (χ3n) is 2.21. The van der Waals surface area contributed by atoms with E-state index >= 15 is 0 Å². The average molecular weight is 311 g/mol. The Kier molecular flexibility index (Phi) is 4.98. The van der Waals surface area contributed by atoms with Crippen LogP contribution < -0.4 is 5.32 Å². The summed E-state index contributed by atoms with van der Waals surface area (Å²) in [6.45, 7) is 1.68. The van der Waals surface area contributed by atoms with Crippen molar-refractivity contribution in [2.24, 2.45) is 0 Å². The smallest absolute Gasteiger partial charge is 0.465 e. The number of benzene rings is 1. The van der Waals surface area contributed by atoms with Crippen molar-refractivity contribution in [2.75, 3.05) is 18.5 Å². The van der Waals surface area contributed by atoms with Gasteiger partial charge < -0.3 is 10.1 Å². The zero-order valence-corrected chi connectivity index (χ0v) is 11.2. The van der Waals surface area contributed by atoms with Crippen LogP contribution in [0.3, 0.4) is 0 Å². The second-order valence-electron chi connectivity index (χ2n) is 3.63. The van der Waals surface area contributed by atoms with Gasteiger partial charge in [0.2, 0.25) is 0 Å². The van der Waals surface area contributed by atoms with Crippen LogP contribution in [-0.4, -0.2) is 33.0 Å². The molecule has 0 amide bonds. The highest BCUT2D eigenvalue weighted by Gasteiger charge is 2.46. The van der Waals surface area contributed by atoms with Gasteiger partial charge in [-0.15, -0.1) is 0 Å². The Morgan fingerprint density at radius 1 is 1.25 bits per heavy atom. The van der Waals surface area contributed by atoms with Crippen LogP contribution in [0.1, 0.15) is 6.92 Å². The molecule has 1 rings (SSSR count). The molecule has 1 aromatic carbocycles. The first-order valence-corrected chi connectivity index (χ1v) is 6.97. The first-order chi connectivity index (χ1) is 9.18. The Morgan fingerprint density at radius 2 is 1.80 bits per heavy atom. The number of esters is 1. The lowest BCUT2D eigenvalue weighted by Crippen LogP contribution is -2.23. The summed E-state index contributed by atoms with van der Waals surface area (Å²) >= 11 is 0. The summed E-state index contributed by atoms with van der Waals surface area (Å²) in [4.78, 5) is 10.2. The number of sulfone groups is 1. The lowest BCUT2D eigenvalue weighted by molar-refractivity contribution is -0.140. The minimum absolute atomic E-state index is 0.167. The molecule has 5 nitrogen and oxygen atoms in total. The molecule has 0 saturated heterocycles. The van der Waals surface area contributed by atoms with Crippen molar-refractivity contribution in [2.45, 2.75) is 17.3 Å². The number of nitrogens with one attached hydrogen (secondary N) is 1. The van der Waals surface area contributed by atoms with E-state index in [1.165, 1.54) is 0 Å². The molecule has 1 N–H and O–H groups in total. The molecule has 20 heavy (non-hydrogen) atoms. The van der Waals surface area contributed by atoms with Gasteiger partial charge in [-0.3, -0.25) is 4.79 Å². The highest BCUT2D eigenvalue weighted by atomic mass is 32.2. The van der Waals surface area contributed by atoms with E-state index in [1.54, 1.807) is 6.92 Å². The molecule has 0 fully saturated rings. The number of ether oxygens (including phenoxy) is 1. The van der Waals surface area contributed by atoms with Gasteiger partial charge in [0.15, 0.2) is 0 Å². The Bertz CT molecular complexity index is 566. The van der Waals surface area contributed by atoms with Gasteiger partial charge in [-0.25, -0.2) is 8.42 Å². The predicted octanol–water partition coefficient (Wildman–Crippen LogP) is 1.96. The first kappa shape index (κ1) is 16.3. The SMILES string of the molecule is CCOC(=O)CNc1ccc(S(=O)(=O)C(F)(F)F)cc1. The number of rotatable bonds is 5. The normalized spacial score (nSPS) is 12.0. The largest absolute Gasteiger partial charge is 0.501 e. The Hall–Kier alpha value is -1.77. The van der Waals surface area contributed by atoms with Gasteiger partial charge in [0.1, 0.15) is 6.54 Å². The van der Waals surface area contributed by atoms with Crippen LogP contribution in [-0.2, 0) is 19.4 Å². The lowest BCUT2D eigenvalue weighted by atomic mass is 10.3. The molecular weight excluding hydrogens is 299 g/mol. The van der Waals surface area contributed by atoms with E-state index in [1.807, 2.05) is 0 Å². The van der Waals surface area contributed by atoms with Crippen LogP contribution in [0.4, 0.5) is 18.9 Å². The molecule has 112 valence electrons. The predicted molar refractivity (Wildman–Crippen MR) is 64.8 cm³/mol. The number of halogens is 3. The first-order valence-electron chi connectivity index (χ1n) is 5.49. The van der Waals surface area contributed by atoms with Crippen molar-refractivity contribution >= 4 is 21.5 Å². The number of hydrogen-bond donors (Lipinski definition) is 1. The van der Waals surface area contributed by atoms with Crippen molar-refractivity contribution in [1.82, 2.24) is 0 Å². The molecule has 0 spiro atoms. The molecule has 0 unspecified atom stereocenters.